The number of benzene rings is 2. The predicted molar refractivity (Wildman–Crippen MR) is 102 cm³/mol. The summed E-state index contributed by atoms with van der Waals surface area (Å²) in [6, 6.07) is 15.5. The molecule has 0 saturated carbocycles. The van der Waals surface area contributed by atoms with Crippen LogP contribution in [-0.2, 0) is 5.75 Å². The number of carbonyl (C=O) groups excluding carboxylic acids is 1. The molecule has 2 amide bonds. The smallest absolute Gasteiger partial charge is 0.319 e. The van der Waals surface area contributed by atoms with Gasteiger partial charge in [-0.1, -0.05) is 30.3 Å². The van der Waals surface area contributed by atoms with Crippen LogP contribution in [-0.4, -0.2) is 31.5 Å². The van der Waals surface area contributed by atoms with Crippen molar-refractivity contribution in [3.05, 3.63) is 54.1 Å². The molecule has 1 aliphatic heterocycles. The van der Waals surface area contributed by atoms with Gasteiger partial charge in [-0.25, -0.2) is 4.79 Å². The molecule has 2 N–H and O–H groups in total. The molecule has 3 rings (SSSR count). The van der Waals surface area contributed by atoms with E-state index in [1.54, 1.807) is 17.8 Å². The van der Waals surface area contributed by atoms with Crippen molar-refractivity contribution >= 4 is 23.5 Å². The minimum Gasteiger partial charge on any atom is -0.490 e. The van der Waals surface area contributed by atoms with E-state index in [0.29, 0.717) is 31.2 Å². The minimum absolute atomic E-state index is 0.213. The molecule has 2 aromatic carbocycles. The zero-order valence-electron chi connectivity index (χ0n) is 14.0. The van der Waals surface area contributed by atoms with Crippen LogP contribution < -0.4 is 20.1 Å². The molecule has 132 valence electrons. The summed E-state index contributed by atoms with van der Waals surface area (Å²) in [5, 5.41) is 5.69. The van der Waals surface area contributed by atoms with Crippen molar-refractivity contribution in [2.45, 2.75) is 12.2 Å². The second-order valence-corrected chi connectivity index (χ2v) is 6.74. The Balaban J connectivity index is 1.38. The lowest BCUT2D eigenvalue weighted by Gasteiger charge is -2.11. The number of amides is 2. The SMILES string of the molecule is O=C(NCCSCc1ccccc1)Nc1ccc2c(c1)OCCCO2. The van der Waals surface area contributed by atoms with Crippen molar-refractivity contribution in [2.75, 3.05) is 30.8 Å². The van der Waals surface area contributed by atoms with Gasteiger partial charge in [0.15, 0.2) is 11.5 Å². The molecule has 6 heteroatoms. The van der Waals surface area contributed by atoms with Crippen molar-refractivity contribution in [3.8, 4) is 11.5 Å². The lowest BCUT2D eigenvalue weighted by atomic mass is 10.2. The van der Waals surface area contributed by atoms with Gasteiger partial charge in [0, 0.05) is 36.2 Å². The molecule has 0 radical (unpaired) electrons. The fourth-order valence-corrected chi connectivity index (χ4v) is 3.24. The molecule has 0 atom stereocenters. The molecule has 0 saturated heterocycles. The van der Waals surface area contributed by atoms with Crippen LogP contribution in [0.4, 0.5) is 10.5 Å². The monoisotopic (exact) mass is 358 g/mol. The molecule has 0 aromatic heterocycles. The zero-order chi connectivity index (χ0) is 17.3. The molecule has 0 spiro atoms. The van der Waals surface area contributed by atoms with Gasteiger partial charge in [-0.05, 0) is 17.7 Å². The Morgan fingerprint density at radius 2 is 1.84 bits per heavy atom. The number of thioether (sulfide) groups is 1. The largest absolute Gasteiger partial charge is 0.490 e. The van der Waals surface area contributed by atoms with E-state index in [2.05, 4.69) is 22.8 Å². The van der Waals surface area contributed by atoms with Crippen molar-refractivity contribution in [1.29, 1.82) is 0 Å². The van der Waals surface area contributed by atoms with Crippen molar-refractivity contribution in [2.24, 2.45) is 0 Å². The third kappa shape index (κ3) is 5.60. The van der Waals surface area contributed by atoms with Gasteiger partial charge in [0.05, 0.1) is 13.2 Å². The lowest BCUT2D eigenvalue weighted by molar-refractivity contribution is 0.252. The first-order chi connectivity index (χ1) is 12.3. The van der Waals surface area contributed by atoms with Gasteiger partial charge in [0.1, 0.15) is 0 Å². The number of rotatable bonds is 6. The van der Waals surface area contributed by atoms with Gasteiger partial charge >= 0.3 is 6.03 Å². The highest BCUT2D eigenvalue weighted by molar-refractivity contribution is 7.98. The lowest BCUT2D eigenvalue weighted by Crippen LogP contribution is -2.30. The molecule has 5 nitrogen and oxygen atoms in total. The Morgan fingerprint density at radius 3 is 2.68 bits per heavy atom. The molecule has 0 fully saturated rings. The predicted octanol–water partition coefficient (Wildman–Crippen LogP) is 3.90. The van der Waals surface area contributed by atoms with E-state index < -0.39 is 0 Å². The number of fused-ring (bicyclic) bond motifs is 1. The molecule has 1 heterocycles. The van der Waals surface area contributed by atoms with Gasteiger partial charge in [-0.2, -0.15) is 11.8 Å². The van der Waals surface area contributed by atoms with Crippen molar-refractivity contribution in [3.63, 3.8) is 0 Å². The van der Waals surface area contributed by atoms with Crippen LogP contribution in [0.5, 0.6) is 11.5 Å². The Kier molecular flexibility index (Phi) is 6.45. The number of nitrogens with one attached hydrogen (secondary N) is 2. The molecule has 25 heavy (non-hydrogen) atoms. The number of anilines is 1. The second kappa shape index (κ2) is 9.22. The highest BCUT2D eigenvalue weighted by atomic mass is 32.2. The Bertz CT molecular complexity index is 694. The molecule has 1 aliphatic rings. The molecular weight excluding hydrogens is 336 g/mol. The number of carbonyl (C=O) groups is 1. The van der Waals surface area contributed by atoms with Crippen LogP contribution in [0.1, 0.15) is 12.0 Å². The average molecular weight is 358 g/mol. The Morgan fingerprint density at radius 1 is 1.04 bits per heavy atom. The average Bonchev–Trinajstić information content (AvgIpc) is 2.87. The van der Waals surface area contributed by atoms with E-state index in [9.17, 15) is 4.79 Å². The number of hydrogen-bond acceptors (Lipinski definition) is 4. The normalized spacial score (nSPS) is 13.0. The maximum absolute atomic E-state index is 12.0. The Labute approximate surface area is 152 Å². The van der Waals surface area contributed by atoms with E-state index in [-0.39, 0.29) is 6.03 Å². The summed E-state index contributed by atoms with van der Waals surface area (Å²) in [5.41, 5.74) is 1.99. The summed E-state index contributed by atoms with van der Waals surface area (Å²) in [7, 11) is 0. The van der Waals surface area contributed by atoms with Gasteiger partial charge in [0.25, 0.3) is 0 Å². The summed E-state index contributed by atoms with van der Waals surface area (Å²) in [6.07, 6.45) is 0.860. The molecule has 2 aromatic rings. The summed E-state index contributed by atoms with van der Waals surface area (Å²) in [6.45, 7) is 1.90. The third-order valence-electron chi connectivity index (χ3n) is 3.65. The maximum Gasteiger partial charge on any atom is 0.319 e. The van der Waals surface area contributed by atoms with E-state index >= 15 is 0 Å². The fraction of sp³-hybridized carbons (Fsp3) is 0.316. The van der Waals surface area contributed by atoms with E-state index in [0.717, 1.165) is 23.7 Å². The van der Waals surface area contributed by atoms with Gasteiger partial charge < -0.3 is 20.1 Å². The summed E-state index contributed by atoms with van der Waals surface area (Å²) in [4.78, 5) is 12.0. The summed E-state index contributed by atoms with van der Waals surface area (Å²) in [5.74, 6) is 3.21. The van der Waals surface area contributed by atoms with Gasteiger partial charge in [-0.3, -0.25) is 0 Å². The van der Waals surface area contributed by atoms with Crippen LogP contribution in [0, 0.1) is 0 Å². The van der Waals surface area contributed by atoms with Crippen molar-refractivity contribution < 1.29 is 14.3 Å². The third-order valence-corrected chi connectivity index (χ3v) is 4.68. The molecule has 0 bridgehead atoms. The summed E-state index contributed by atoms with van der Waals surface area (Å²) >= 11 is 1.80. The number of hydrogen-bond donors (Lipinski definition) is 2. The van der Waals surface area contributed by atoms with Crippen molar-refractivity contribution in [1.82, 2.24) is 5.32 Å². The number of ether oxygens (including phenoxy) is 2. The topological polar surface area (TPSA) is 59.6 Å². The summed E-state index contributed by atoms with van der Waals surface area (Å²) < 4.78 is 11.2. The minimum atomic E-state index is -0.213. The van der Waals surface area contributed by atoms with Crippen LogP contribution >= 0.6 is 11.8 Å². The van der Waals surface area contributed by atoms with E-state index in [1.807, 2.05) is 30.3 Å². The van der Waals surface area contributed by atoms with Crippen LogP contribution in [0.25, 0.3) is 0 Å². The molecular formula is C19H22N2O3S. The van der Waals surface area contributed by atoms with Crippen LogP contribution in [0.15, 0.2) is 48.5 Å². The van der Waals surface area contributed by atoms with Gasteiger partial charge in [-0.15, -0.1) is 0 Å². The van der Waals surface area contributed by atoms with Crippen LogP contribution in [0.3, 0.4) is 0 Å². The van der Waals surface area contributed by atoms with Gasteiger partial charge in [0.2, 0.25) is 0 Å². The zero-order valence-corrected chi connectivity index (χ0v) is 14.8. The second-order valence-electron chi connectivity index (χ2n) is 5.63. The Hall–Kier alpha value is -2.34. The quantitative estimate of drug-likeness (QED) is 0.769. The first kappa shape index (κ1) is 17.5. The first-order valence-corrected chi connectivity index (χ1v) is 9.53. The van der Waals surface area contributed by atoms with E-state index in [1.165, 1.54) is 5.56 Å². The number of urea groups is 1. The first-order valence-electron chi connectivity index (χ1n) is 8.37. The van der Waals surface area contributed by atoms with Crippen LogP contribution in [0.2, 0.25) is 0 Å². The standard InChI is InChI=1S/C19H22N2O3S/c22-19(20-9-12-25-14-15-5-2-1-3-6-15)21-16-7-8-17-18(13-16)24-11-4-10-23-17/h1-3,5-8,13H,4,9-12,14H2,(H2,20,21,22). The fourth-order valence-electron chi connectivity index (χ4n) is 2.42. The highest BCUT2D eigenvalue weighted by Gasteiger charge is 2.11. The maximum atomic E-state index is 12.0. The molecule has 0 unspecified atom stereocenters. The highest BCUT2D eigenvalue weighted by Crippen LogP contribution is 2.32. The van der Waals surface area contributed by atoms with E-state index in [4.69, 9.17) is 9.47 Å². The molecule has 0 aliphatic carbocycles.